The average Bonchev–Trinajstić information content (AvgIpc) is 2.37. The number of hydrogen-bond donors (Lipinski definition) is 1. The van der Waals surface area contributed by atoms with Gasteiger partial charge in [-0.25, -0.2) is 0 Å². The summed E-state index contributed by atoms with van der Waals surface area (Å²) in [5, 5.41) is 3.41. The summed E-state index contributed by atoms with van der Waals surface area (Å²) in [6.07, 6.45) is 2.81. The Labute approximate surface area is 114 Å². The van der Waals surface area contributed by atoms with Crippen molar-refractivity contribution in [3.63, 3.8) is 0 Å². The van der Waals surface area contributed by atoms with Gasteiger partial charge in [0.25, 0.3) is 5.91 Å². The zero-order valence-electron chi connectivity index (χ0n) is 11.7. The van der Waals surface area contributed by atoms with Crippen molar-refractivity contribution in [2.24, 2.45) is 0 Å². The first-order valence-corrected chi connectivity index (χ1v) is 6.68. The molecular formula is C14H21N3O2. The normalized spacial score (nSPS) is 24.9. The molecule has 19 heavy (non-hydrogen) atoms. The number of nitrogens with zero attached hydrogens (tertiary/aromatic N) is 2. The van der Waals surface area contributed by atoms with E-state index < -0.39 is 6.10 Å². The van der Waals surface area contributed by atoms with Crippen LogP contribution in [0.5, 0.6) is 5.75 Å². The molecule has 1 saturated heterocycles. The first-order valence-electron chi connectivity index (χ1n) is 6.68. The third kappa shape index (κ3) is 3.67. The van der Waals surface area contributed by atoms with Gasteiger partial charge in [0, 0.05) is 31.4 Å². The Morgan fingerprint density at radius 1 is 1.47 bits per heavy atom. The Kier molecular flexibility index (Phi) is 4.37. The lowest BCUT2D eigenvalue weighted by atomic mass is 10.1. The molecule has 1 N–H and O–H groups in total. The molecule has 1 fully saturated rings. The average molecular weight is 263 g/mol. The number of carbonyl (C=O) groups excluding carboxylic acids is 1. The SMILES string of the molecule is C[C@@H]1CN(C(=O)[C@@H](C)Oc2cccnc2)C[C@@H](C)N1. The number of piperazine rings is 1. The van der Waals surface area contributed by atoms with Crippen LogP contribution in [0, 0.1) is 0 Å². The van der Waals surface area contributed by atoms with Gasteiger partial charge in [-0.3, -0.25) is 9.78 Å². The summed E-state index contributed by atoms with van der Waals surface area (Å²) in [4.78, 5) is 18.2. The number of aromatic nitrogens is 1. The van der Waals surface area contributed by atoms with Crippen molar-refractivity contribution in [3.8, 4) is 5.75 Å². The maximum atomic E-state index is 12.3. The molecule has 3 atom stereocenters. The van der Waals surface area contributed by atoms with Gasteiger partial charge in [0.05, 0.1) is 6.20 Å². The van der Waals surface area contributed by atoms with E-state index in [9.17, 15) is 4.79 Å². The standard InChI is InChI=1S/C14H21N3O2/c1-10-8-17(9-11(2)16-10)14(18)12(3)19-13-5-4-6-15-7-13/h4-7,10-12,16H,8-9H2,1-3H3/t10-,11-,12-/m1/s1. The van der Waals surface area contributed by atoms with Crippen molar-refractivity contribution >= 4 is 5.91 Å². The summed E-state index contributed by atoms with van der Waals surface area (Å²) in [6, 6.07) is 4.23. The highest BCUT2D eigenvalue weighted by atomic mass is 16.5. The van der Waals surface area contributed by atoms with Crippen LogP contribution in [-0.4, -0.2) is 47.1 Å². The predicted molar refractivity (Wildman–Crippen MR) is 73.0 cm³/mol. The van der Waals surface area contributed by atoms with Gasteiger partial charge in [0.1, 0.15) is 5.75 Å². The lowest BCUT2D eigenvalue weighted by Crippen LogP contribution is -2.57. The summed E-state index contributed by atoms with van der Waals surface area (Å²) in [5.74, 6) is 0.656. The van der Waals surface area contributed by atoms with E-state index in [0.717, 1.165) is 13.1 Å². The number of amides is 1. The van der Waals surface area contributed by atoms with Crippen LogP contribution in [0.4, 0.5) is 0 Å². The molecule has 1 amide bonds. The second-order valence-electron chi connectivity index (χ2n) is 5.16. The van der Waals surface area contributed by atoms with E-state index in [0.29, 0.717) is 17.8 Å². The molecule has 0 bridgehead atoms. The molecule has 5 nitrogen and oxygen atoms in total. The highest BCUT2D eigenvalue weighted by Crippen LogP contribution is 2.12. The fraction of sp³-hybridized carbons (Fsp3) is 0.571. The highest BCUT2D eigenvalue weighted by molar-refractivity contribution is 5.81. The minimum Gasteiger partial charge on any atom is -0.479 e. The second-order valence-corrected chi connectivity index (χ2v) is 5.16. The highest BCUT2D eigenvalue weighted by Gasteiger charge is 2.28. The van der Waals surface area contributed by atoms with Crippen molar-refractivity contribution in [3.05, 3.63) is 24.5 Å². The smallest absolute Gasteiger partial charge is 0.263 e. The van der Waals surface area contributed by atoms with E-state index in [1.165, 1.54) is 0 Å². The number of carbonyl (C=O) groups is 1. The Morgan fingerprint density at radius 2 is 2.16 bits per heavy atom. The zero-order valence-corrected chi connectivity index (χ0v) is 11.7. The quantitative estimate of drug-likeness (QED) is 0.886. The van der Waals surface area contributed by atoms with E-state index in [4.69, 9.17) is 4.74 Å². The predicted octanol–water partition coefficient (Wildman–Crippen LogP) is 1.06. The largest absolute Gasteiger partial charge is 0.479 e. The third-order valence-electron chi connectivity index (χ3n) is 3.16. The van der Waals surface area contributed by atoms with Gasteiger partial charge in [-0.1, -0.05) is 0 Å². The molecule has 104 valence electrons. The molecule has 2 heterocycles. The molecule has 0 spiro atoms. The summed E-state index contributed by atoms with van der Waals surface area (Å²) < 4.78 is 5.63. The fourth-order valence-corrected chi connectivity index (χ4v) is 2.44. The maximum Gasteiger partial charge on any atom is 0.263 e. The van der Waals surface area contributed by atoms with Gasteiger partial charge in [0.2, 0.25) is 0 Å². The van der Waals surface area contributed by atoms with Gasteiger partial charge in [-0.2, -0.15) is 0 Å². The van der Waals surface area contributed by atoms with Gasteiger partial charge >= 0.3 is 0 Å². The first kappa shape index (κ1) is 13.8. The minimum absolute atomic E-state index is 0.0315. The van der Waals surface area contributed by atoms with Crippen molar-refractivity contribution in [2.45, 2.75) is 39.0 Å². The Morgan fingerprint density at radius 3 is 2.74 bits per heavy atom. The van der Waals surface area contributed by atoms with Crippen LogP contribution in [0.3, 0.4) is 0 Å². The Balaban J connectivity index is 1.95. The lowest BCUT2D eigenvalue weighted by molar-refractivity contribution is -0.139. The monoisotopic (exact) mass is 263 g/mol. The van der Waals surface area contributed by atoms with E-state index in [1.807, 2.05) is 4.90 Å². The summed E-state index contributed by atoms with van der Waals surface area (Å²) in [7, 11) is 0. The molecule has 0 aromatic carbocycles. The first-order chi connectivity index (χ1) is 9.06. The van der Waals surface area contributed by atoms with Crippen molar-refractivity contribution in [1.82, 2.24) is 15.2 Å². The molecule has 1 aliphatic rings. The Bertz CT molecular complexity index is 414. The molecule has 1 aromatic rings. The van der Waals surface area contributed by atoms with Crippen LogP contribution in [0.25, 0.3) is 0 Å². The summed E-state index contributed by atoms with van der Waals surface area (Å²) in [5.41, 5.74) is 0. The fourth-order valence-electron chi connectivity index (χ4n) is 2.44. The molecule has 0 unspecified atom stereocenters. The number of ether oxygens (including phenoxy) is 1. The Hall–Kier alpha value is -1.62. The van der Waals surface area contributed by atoms with Crippen LogP contribution in [0.15, 0.2) is 24.5 Å². The van der Waals surface area contributed by atoms with Gasteiger partial charge < -0.3 is 15.0 Å². The third-order valence-corrected chi connectivity index (χ3v) is 3.16. The van der Waals surface area contributed by atoms with Crippen LogP contribution < -0.4 is 10.1 Å². The molecule has 1 aromatic heterocycles. The molecule has 0 saturated carbocycles. The number of hydrogen-bond acceptors (Lipinski definition) is 4. The van der Waals surface area contributed by atoms with Crippen LogP contribution in [0.1, 0.15) is 20.8 Å². The number of rotatable bonds is 3. The van der Waals surface area contributed by atoms with Gasteiger partial charge in [0.15, 0.2) is 6.10 Å². The number of nitrogens with one attached hydrogen (secondary N) is 1. The molecule has 0 aliphatic carbocycles. The van der Waals surface area contributed by atoms with Crippen LogP contribution >= 0.6 is 0 Å². The molecule has 2 rings (SSSR count). The minimum atomic E-state index is -0.485. The van der Waals surface area contributed by atoms with E-state index in [2.05, 4.69) is 24.1 Å². The summed E-state index contributed by atoms with van der Waals surface area (Å²) in [6.45, 7) is 7.41. The van der Waals surface area contributed by atoms with Crippen molar-refractivity contribution < 1.29 is 9.53 Å². The number of pyridine rings is 1. The molecule has 5 heteroatoms. The summed E-state index contributed by atoms with van der Waals surface area (Å²) >= 11 is 0. The second kappa shape index (κ2) is 6.02. The lowest BCUT2D eigenvalue weighted by Gasteiger charge is -2.37. The van der Waals surface area contributed by atoms with Crippen LogP contribution in [-0.2, 0) is 4.79 Å². The van der Waals surface area contributed by atoms with Gasteiger partial charge in [-0.05, 0) is 32.9 Å². The maximum absolute atomic E-state index is 12.3. The zero-order chi connectivity index (χ0) is 13.8. The van der Waals surface area contributed by atoms with Crippen molar-refractivity contribution in [1.29, 1.82) is 0 Å². The molecule has 1 aliphatic heterocycles. The van der Waals surface area contributed by atoms with Gasteiger partial charge in [-0.15, -0.1) is 0 Å². The molecular weight excluding hydrogens is 242 g/mol. The van der Waals surface area contributed by atoms with E-state index >= 15 is 0 Å². The van der Waals surface area contributed by atoms with E-state index in [1.54, 1.807) is 31.5 Å². The van der Waals surface area contributed by atoms with E-state index in [-0.39, 0.29) is 5.91 Å². The topological polar surface area (TPSA) is 54.5 Å². The molecule has 0 radical (unpaired) electrons. The van der Waals surface area contributed by atoms with Crippen LogP contribution in [0.2, 0.25) is 0 Å². The van der Waals surface area contributed by atoms with Crippen molar-refractivity contribution in [2.75, 3.05) is 13.1 Å².